The Morgan fingerprint density at radius 3 is 1.26 bits per heavy atom. The Bertz CT molecular complexity index is 3330. The van der Waals surface area contributed by atoms with Gasteiger partial charge in [0.2, 0.25) is 0 Å². The van der Waals surface area contributed by atoms with Crippen LogP contribution in [0.15, 0.2) is 231 Å². The van der Waals surface area contributed by atoms with Gasteiger partial charge in [0, 0.05) is 38.4 Å². The molecule has 0 fully saturated rings. The number of benzene rings is 9. The molecule has 4 nitrogen and oxygen atoms in total. The first kappa shape index (κ1) is 36.7. The van der Waals surface area contributed by atoms with Crippen molar-refractivity contribution in [1.29, 1.82) is 0 Å². The molecule has 9 aromatic carbocycles. The van der Waals surface area contributed by atoms with Crippen LogP contribution >= 0.6 is 0 Å². The molecular weight excluding hydrogens is 753 g/mol. The lowest BCUT2D eigenvalue weighted by Gasteiger charge is -2.15. The zero-order chi connectivity index (χ0) is 41.2. The molecule has 0 unspecified atom stereocenters. The molecule has 0 bridgehead atoms. The third-order valence-corrected chi connectivity index (χ3v) is 11.5. The smallest absolute Gasteiger partial charge is 0.164 e. The SMILES string of the molecule is c1ccc(-c2cc(-c3ccccc3)cc(-c3nc(-c4ccccc4)nc(-c4cccc(-c5cccc(-c6cccc7c(-c8ccccc8)nc8ccccc8c67)c5)c4)n3)c2)cc1. The molecule has 0 spiro atoms. The van der Waals surface area contributed by atoms with Crippen molar-refractivity contribution < 1.29 is 0 Å². The third kappa shape index (κ3) is 7.10. The quantitative estimate of drug-likeness (QED) is 0.144. The molecule has 2 aromatic heterocycles. The van der Waals surface area contributed by atoms with Crippen LogP contribution in [0.4, 0.5) is 0 Å². The molecule has 290 valence electrons. The van der Waals surface area contributed by atoms with Crippen LogP contribution in [0.3, 0.4) is 0 Å². The zero-order valence-electron chi connectivity index (χ0n) is 33.7. The molecule has 11 rings (SSSR count). The van der Waals surface area contributed by atoms with Gasteiger partial charge in [-0.3, -0.25) is 0 Å². The van der Waals surface area contributed by atoms with Gasteiger partial charge in [-0.25, -0.2) is 19.9 Å². The van der Waals surface area contributed by atoms with Gasteiger partial charge in [0.15, 0.2) is 17.5 Å². The second-order valence-corrected chi connectivity index (χ2v) is 15.4. The monoisotopic (exact) mass is 790 g/mol. The van der Waals surface area contributed by atoms with Crippen LogP contribution in [0.25, 0.3) is 112 Å². The van der Waals surface area contributed by atoms with Crippen molar-refractivity contribution in [3.05, 3.63) is 231 Å². The van der Waals surface area contributed by atoms with Gasteiger partial charge in [0.1, 0.15) is 0 Å². The van der Waals surface area contributed by atoms with Gasteiger partial charge in [-0.2, -0.15) is 0 Å². The average molecular weight is 791 g/mol. The molecule has 0 atom stereocenters. The number of aromatic nitrogens is 4. The van der Waals surface area contributed by atoms with E-state index < -0.39 is 0 Å². The summed E-state index contributed by atoms with van der Waals surface area (Å²) in [5.41, 5.74) is 14.7. The van der Waals surface area contributed by atoms with E-state index in [1.165, 1.54) is 10.9 Å². The fourth-order valence-corrected chi connectivity index (χ4v) is 8.47. The summed E-state index contributed by atoms with van der Waals surface area (Å²) in [5, 5.41) is 3.46. The second-order valence-electron chi connectivity index (χ2n) is 15.4. The van der Waals surface area contributed by atoms with Crippen molar-refractivity contribution in [2.45, 2.75) is 0 Å². The summed E-state index contributed by atoms with van der Waals surface area (Å²) in [4.78, 5) is 20.7. The highest BCUT2D eigenvalue weighted by Crippen LogP contribution is 2.40. The highest BCUT2D eigenvalue weighted by atomic mass is 15.0. The van der Waals surface area contributed by atoms with Crippen LogP contribution in [0, 0.1) is 0 Å². The maximum Gasteiger partial charge on any atom is 0.164 e. The molecule has 0 aliphatic rings. The van der Waals surface area contributed by atoms with Crippen molar-refractivity contribution in [2.24, 2.45) is 0 Å². The topological polar surface area (TPSA) is 51.6 Å². The first-order chi connectivity index (χ1) is 30.7. The van der Waals surface area contributed by atoms with Crippen LogP contribution in [0.2, 0.25) is 0 Å². The number of hydrogen-bond acceptors (Lipinski definition) is 4. The van der Waals surface area contributed by atoms with E-state index in [-0.39, 0.29) is 0 Å². The lowest BCUT2D eigenvalue weighted by molar-refractivity contribution is 1.07. The summed E-state index contributed by atoms with van der Waals surface area (Å²) < 4.78 is 0. The van der Waals surface area contributed by atoms with E-state index >= 15 is 0 Å². The Balaban J connectivity index is 1.04. The van der Waals surface area contributed by atoms with Gasteiger partial charge < -0.3 is 0 Å². The van der Waals surface area contributed by atoms with Gasteiger partial charge >= 0.3 is 0 Å². The Morgan fingerprint density at radius 1 is 0.226 bits per heavy atom. The van der Waals surface area contributed by atoms with Crippen molar-refractivity contribution in [3.8, 4) is 89.9 Å². The number of para-hydroxylation sites is 1. The van der Waals surface area contributed by atoms with Gasteiger partial charge in [-0.1, -0.05) is 194 Å². The van der Waals surface area contributed by atoms with Crippen LogP contribution in [0.1, 0.15) is 0 Å². The van der Waals surface area contributed by atoms with E-state index in [9.17, 15) is 0 Å². The molecule has 62 heavy (non-hydrogen) atoms. The van der Waals surface area contributed by atoms with Crippen LogP contribution in [-0.2, 0) is 0 Å². The van der Waals surface area contributed by atoms with Crippen LogP contribution in [0.5, 0.6) is 0 Å². The Morgan fingerprint density at radius 2 is 0.629 bits per heavy atom. The number of hydrogen-bond donors (Lipinski definition) is 0. The molecule has 11 aromatic rings. The number of nitrogens with zero attached hydrogens (tertiary/aromatic N) is 4. The lowest BCUT2D eigenvalue weighted by Crippen LogP contribution is -2.00. The summed E-state index contributed by atoms with van der Waals surface area (Å²) in [6.45, 7) is 0. The minimum absolute atomic E-state index is 0.611. The van der Waals surface area contributed by atoms with E-state index in [0.717, 1.165) is 83.2 Å². The molecule has 0 aliphatic carbocycles. The van der Waals surface area contributed by atoms with Gasteiger partial charge in [-0.15, -0.1) is 0 Å². The summed E-state index contributed by atoms with van der Waals surface area (Å²) >= 11 is 0. The largest absolute Gasteiger partial charge is 0.247 e. The normalized spacial score (nSPS) is 11.2. The van der Waals surface area contributed by atoms with Gasteiger partial charge in [-0.05, 0) is 80.9 Å². The highest BCUT2D eigenvalue weighted by Gasteiger charge is 2.17. The predicted octanol–water partition coefficient (Wildman–Crippen LogP) is 14.9. The first-order valence-electron chi connectivity index (χ1n) is 20.9. The van der Waals surface area contributed by atoms with Gasteiger partial charge in [0.25, 0.3) is 0 Å². The van der Waals surface area contributed by atoms with E-state index in [4.69, 9.17) is 19.9 Å². The Kier molecular flexibility index (Phi) is 9.49. The highest BCUT2D eigenvalue weighted by molar-refractivity contribution is 6.17. The number of pyridine rings is 1. The molecule has 4 heteroatoms. The maximum absolute atomic E-state index is 5.24. The fourth-order valence-electron chi connectivity index (χ4n) is 8.47. The minimum Gasteiger partial charge on any atom is -0.247 e. The molecule has 0 N–H and O–H groups in total. The zero-order valence-corrected chi connectivity index (χ0v) is 33.7. The van der Waals surface area contributed by atoms with E-state index in [0.29, 0.717) is 17.5 Å². The Labute approximate surface area is 360 Å². The third-order valence-electron chi connectivity index (χ3n) is 11.5. The van der Waals surface area contributed by atoms with Crippen LogP contribution in [-0.4, -0.2) is 19.9 Å². The van der Waals surface area contributed by atoms with Gasteiger partial charge in [0.05, 0.1) is 11.2 Å². The van der Waals surface area contributed by atoms with Crippen LogP contribution < -0.4 is 0 Å². The minimum atomic E-state index is 0.611. The standard InChI is InChI=1S/C58H38N4/c1-5-18-39(19-6-1)47-36-48(40-20-7-2-8-21-40)38-49(37-47)58-61-56(42-24-11-4-12-25-42)60-57(62-58)46-29-16-27-44(35-46)43-26-15-28-45(34-43)50-31-17-32-52-54(50)51-30-13-14-33-53(51)59-55(52)41-22-9-3-10-23-41/h1-38H. The van der Waals surface area contributed by atoms with Crippen molar-refractivity contribution >= 4 is 21.7 Å². The predicted molar refractivity (Wildman–Crippen MR) is 256 cm³/mol. The van der Waals surface area contributed by atoms with Crippen molar-refractivity contribution in [2.75, 3.05) is 0 Å². The second kappa shape index (κ2) is 16.0. The number of rotatable bonds is 8. The summed E-state index contributed by atoms with van der Waals surface area (Å²) in [5.74, 6) is 1.85. The Hall–Kier alpha value is -8.34. The lowest BCUT2D eigenvalue weighted by atomic mass is 9.91. The average Bonchev–Trinajstić information content (AvgIpc) is 3.36. The maximum atomic E-state index is 5.24. The molecule has 0 aliphatic heterocycles. The molecule has 0 radical (unpaired) electrons. The summed E-state index contributed by atoms with van der Waals surface area (Å²) in [6.07, 6.45) is 0. The molecule has 0 saturated carbocycles. The summed E-state index contributed by atoms with van der Waals surface area (Å²) in [6, 6.07) is 80.6. The molecule has 0 saturated heterocycles. The van der Waals surface area contributed by atoms with E-state index in [1.54, 1.807) is 0 Å². The number of fused-ring (bicyclic) bond motifs is 3. The fraction of sp³-hybridized carbons (Fsp3) is 0. The van der Waals surface area contributed by atoms with Crippen molar-refractivity contribution in [3.63, 3.8) is 0 Å². The molecule has 0 amide bonds. The van der Waals surface area contributed by atoms with Crippen molar-refractivity contribution in [1.82, 2.24) is 19.9 Å². The first-order valence-corrected chi connectivity index (χ1v) is 20.9. The molecular formula is C58H38N4. The summed E-state index contributed by atoms with van der Waals surface area (Å²) in [7, 11) is 0. The molecule has 2 heterocycles. The van der Waals surface area contributed by atoms with E-state index in [2.05, 4.69) is 194 Å². The van der Waals surface area contributed by atoms with E-state index in [1.807, 2.05) is 36.4 Å².